The summed E-state index contributed by atoms with van der Waals surface area (Å²) in [7, 11) is 0. The van der Waals surface area contributed by atoms with Crippen molar-refractivity contribution in [3.63, 3.8) is 0 Å². The topological polar surface area (TPSA) is 44.8 Å². The number of nitrogens with one attached hydrogen (secondary N) is 1. The van der Waals surface area contributed by atoms with Crippen LogP contribution in [0.2, 0.25) is 0 Å². The number of nitrogens with zero attached hydrogens (tertiary/aromatic N) is 2. The van der Waals surface area contributed by atoms with E-state index in [1.807, 2.05) is 4.90 Å². The maximum atomic E-state index is 13.0. The maximum Gasteiger partial charge on any atom is 0.238 e. The summed E-state index contributed by atoms with van der Waals surface area (Å²) in [4.78, 5) is 16.2. The lowest BCUT2D eigenvalue weighted by atomic mass is 10.1. The molecule has 1 amide bonds. The fourth-order valence-corrected chi connectivity index (χ4v) is 2.81. The summed E-state index contributed by atoms with van der Waals surface area (Å²) in [6.45, 7) is 5.20. The Morgan fingerprint density at radius 1 is 1.19 bits per heavy atom. The Kier molecular flexibility index (Phi) is 4.48. The fraction of sp³-hybridized carbons (Fsp3) is 0.533. The average molecular weight is 293 g/mol. The molecule has 0 radical (unpaired) electrons. The normalized spacial score (nSPS) is 23.8. The van der Waals surface area contributed by atoms with Crippen LogP contribution >= 0.6 is 0 Å². The van der Waals surface area contributed by atoms with Crippen molar-refractivity contribution in [2.24, 2.45) is 0 Å². The van der Waals surface area contributed by atoms with Crippen LogP contribution < -0.4 is 5.32 Å². The van der Waals surface area contributed by atoms with Gasteiger partial charge in [-0.15, -0.1) is 0 Å². The van der Waals surface area contributed by atoms with Crippen LogP contribution in [0.4, 0.5) is 4.39 Å². The van der Waals surface area contributed by atoms with Gasteiger partial charge in [-0.1, -0.05) is 12.1 Å². The van der Waals surface area contributed by atoms with Crippen LogP contribution in [0.25, 0.3) is 0 Å². The molecule has 2 saturated heterocycles. The van der Waals surface area contributed by atoms with Gasteiger partial charge in [-0.05, 0) is 17.7 Å². The Labute approximate surface area is 123 Å². The first-order valence-corrected chi connectivity index (χ1v) is 7.32. The van der Waals surface area contributed by atoms with Crippen molar-refractivity contribution >= 4 is 5.91 Å². The molecule has 114 valence electrons. The number of carbonyl (C=O) groups is 1. The van der Waals surface area contributed by atoms with Crippen LogP contribution in [0.3, 0.4) is 0 Å². The number of ether oxygens (including phenoxy) is 1. The summed E-state index contributed by atoms with van der Waals surface area (Å²) in [5.41, 5.74) is 0.921. The Balaban J connectivity index is 1.63. The molecule has 1 aromatic rings. The second kappa shape index (κ2) is 6.51. The Hall–Kier alpha value is -1.50. The van der Waals surface area contributed by atoms with Gasteiger partial charge in [0, 0.05) is 26.2 Å². The molecule has 1 unspecified atom stereocenters. The van der Waals surface area contributed by atoms with Crippen LogP contribution in [0, 0.1) is 5.82 Å². The number of hydrogen-bond acceptors (Lipinski definition) is 4. The van der Waals surface area contributed by atoms with Crippen molar-refractivity contribution in [2.45, 2.75) is 6.17 Å². The van der Waals surface area contributed by atoms with Gasteiger partial charge < -0.3 is 9.64 Å². The van der Waals surface area contributed by atoms with E-state index in [4.69, 9.17) is 4.74 Å². The molecular weight excluding hydrogens is 273 g/mol. The predicted molar refractivity (Wildman–Crippen MR) is 76.1 cm³/mol. The second-order valence-electron chi connectivity index (χ2n) is 5.38. The van der Waals surface area contributed by atoms with E-state index in [0.29, 0.717) is 13.1 Å². The van der Waals surface area contributed by atoms with Crippen molar-refractivity contribution in [3.05, 3.63) is 35.6 Å². The largest absolute Gasteiger partial charge is 0.379 e. The Bertz CT molecular complexity index is 488. The van der Waals surface area contributed by atoms with E-state index in [1.54, 1.807) is 12.1 Å². The van der Waals surface area contributed by atoms with E-state index in [9.17, 15) is 9.18 Å². The van der Waals surface area contributed by atoms with Gasteiger partial charge in [0.05, 0.1) is 19.8 Å². The van der Waals surface area contributed by atoms with E-state index < -0.39 is 0 Å². The van der Waals surface area contributed by atoms with Crippen molar-refractivity contribution in [2.75, 3.05) is 45.9 Å². The lowest BCUT2D eigenvalue weighted by Crippen LogP contribution is -2.42. The fourth-order valence-electron chi connectivity index (χ4n) is 2.81. The molecule has 0 bridgehead atoms. The predicted octanol–water partition coefficient (Wildman–Crippen LogP) is 0.588. The van der Waals surface area contributed by atoms with E-state index in [1.165, 1.54) is 12.1 Å². The van der Waals surface area contributed by atoms with Gasteiger partial charge in [-0.3, -0.25) is 15.0 Å². The molecular formula is C15H20FN3O2. The van der Waals surface area contributed by atoms with Gasteiger partial charge in [-0.2, -0.15) is 0 Å². The van der Waals surface area contributed by atoms with Gasteiger partial charge in [0.2, 0.25) is 5.91 Å². The minimum Gasteiger partial charge on any atom is -0.379 e. The molecule has 1 aromatic carbocycles. The van der Waals surface area contributed by atoms with Crippen LogP contribution in [0.15, 0.2) is 24.3 Å². The van der Waals surface area contributed by atoms with E-state index in [2.05, 4.69) is 10.2 Å². The molecule has 2 heterocycles. The lowest BCUT2D eigenvalue weighted by Gasteiger charge is -2.30. The van der Waals surface area contributed by atoms with E-state index in [0.717, 1.165) is 38.4 Å². The van der Waals surface area contributed by atoms with E-state index in [-0.39, 0.29) is 17.9 Å². The zero-order valence-electron chi connectivity index (χ0n) is 11.9. The zero-order chi connectivity index (χ0) is 14.7. The van der Waals surface area contributed by atoms with Gasteiger partial charge >= 0.3 is 0 Å². The molecule has 1 N–H and O–H groups in total. The third kappa shape index (κ3) is 3.40. The standard InChI is InChI=1S/C15H20FN3O2/c16-13-3-1-12(2-4-13)15-17-11-14(20)19(15)6-5-18-7-9-21-10-8-18/h1-4,15,17H,5-11H2. The van der Waals surface area contributed by atoms with Crippen molar-refractivity contribution in [1.82, 2.24) is 15.1 Å². The number of benzene rings is 1. The molecule has 6 heteroatoms. The van der Waals surface area contributed by atoms with Crippen LogP contribution in [-0.2, 0) is 9.53 Å². The van der Waals surface area contributed by atoms with Gasteiger partial charge in [-0.25, -0.2) is 4.39 Å². The monoisotopic (exact) mass is 293 g/mol. The SMILES string of the molecule is O=C1CNC(c2ccc(F)cc2)N1CCN1CCOCC1. The lowest BCUT2D eigenvalue weighted by molar-refractivity contribution is -0.128. The summed E-state index contributed by atoms with van der Waals surface area (Å²) < 4.78 is 18.3. The molecule has 21 heavy (non-hydrogen) atoms. The number of morpholine rings is 1. The first-order valence-electron chi connectivity index (χ1n) is 7.32. The average Bonchev–Trinajstić information content (AvgIpc) is 2.88. The first-order chi connectivity index (χ1) is 10.2. The highest BCUT2D eigenvalue weighted by atomic mass is 19.1. The number of amides is 1. The molecule has 5 nitrogen and oxygen atoms in total. The third-order valence-corrected chi connectivity index (χ3v) is 4.03. The molecule has 3 rings (SSSR count). The molecule has 2 fully saturated rings. The van der Waals surface area contributed by atoms with Crippen molar-refractivity contribution < 1.29 is 13.9 Å². The van der Waals surface area contributed by atoms with Gasteiger partial charge in [0.25, 0.3) is 0 Å². The molecule has 0 aromatic heterocycles. The highest BCUT2D eigenvalue weighted by Crippen LogP contribution is 2.22. The molecule has 1 atom stereocenters. The zero-order valence-corrected chi connectivity index (χ0v) is 11.9. The summed E-state index contributed by atoms with van der Waals surface area (Å²) >= 11 is 0. The smallest absolute Gasteiger partial charge is 0.238 e. The first kappa shape index (κ1) is 14.4. The third-order valence-electron chi connectivity index (χ3n) is 4.03. The Morgan fingerprint density at radius 2 is 1.90 bits per heavy atom. The maximum absolute atomic E-state index is 13.0. The summed E-state index contributed by atoms with van der Waals surface area (Å²) in [5, 5.41) is 3.19. The summed E-state index contributed by atoms with van der Waals surface area (Å²) in [5.74, 6) is -0.166. The Morgan fingerprint density at radius 3 is 2.62 bits per heavy atom. The highest BCUT2D eigenvalue weighted by Gasteiger charge is 2.31. The second-order valence-corrected chi connectivity index (χ2v) is 5.38. The van der Waals surface area contributed by atoms with Crippen LogP contribution in [0.1, 0.15) is 11.7 Å². The van der Waals surface area contributed by atoms with Gasteiger partial charge in [0.15, 0.2) is 0 Å². The van der Waals surface area contributed by atoms with Gasteiger partial charge in [0.1, 0.15) is 12.0 Å². The minimum atomic E-state index is -0.261. The summed E-state index contributed by atoms with van der Waals surface area (Å²) in [6.07, 6.45) is -0.154. The molecule has 2 aliphatic rings. The number of hydrogen-bond donors (Lipinski definition) is 1. The van der Waals surface area contributed by atoms with E-state index >= 15 is 0 Å². The molecule has 0 spiro atoms. The van der Waals surface area contributed by atoms with Crippen LogP contribution in [-0.4, -0.2) is 61.6 Å². The number of rotatable bonds is 4. The number of carbonyl (C=O) groups excluding carboxylic acids is 1. The van der Waals surface area contributed by atoms with Crippen molar-refractivity contribution in [3.8, 4) is 0 Å². The van der Waals surface area contributed by atoms with Crippen molar-refractivity contribution in [1.29, 1.82) is 0 Å². The molecule has 0 saturated carbocycles. The number of halogens is 1. The molecule has 0 aliphatic carbocycles. The summed E-state index contributed by atoms with van der Waals surface area (Å²) in [6, 6.07) is 6.32. The van der Waals surface area contributed by atoms with Crippen LogP contribution in [0.5, 0.6) is 0 Å². The quantitative estimate of drug-likeness (QED) is 0.882. The minimum absolute atomic E-state index is 0.0950. The molecule has 2 aliphatic heterocycles. The highest BCUT2D eigenvalue weighted by molar-refractivity contribution is 5.80.